The van der Waals surface area contributed by atoms with Crippen LogP contribution < -0.4 is 10.5 Å². The fraction of sp³-hybridized carbons (Fsp3) is 0.111. The molecule has 0 aliphatic rings. The zero-order valence-electron chi connectivity index (χ0n) is 13.4. The van der Waals surface area contributed by atoms with Gasteiger partial charge in [0.15, 0.2) is 0 Å². The second-order valence-electron chi connectivity index (χ2n) is 5.47. The van der Waals surface area contributed by atoms with Crippen molar-refractivity contribution in [2.45, 2.75) is 13.1 Å². The zero-order valence-corrected chi connectivity index (χ0v) is 15.8. The second kappa shape index (κ2) is 7.92. The van der Waals surface area contributed by atoms with E-state index in [2.05, 4.69) is 15.9 Å². The van der Waals surface area contributed by atoms with Crippen LogP contribution in [0.2, 0.25) is 0 Å². The lowest BCUT2D eigenvalue weighted by Crippen LogP contribution is -2.36. The number of pyridine rings is 1. The topological polar surface area (TPSA) is 42.3 Å². The van der Waals surface area contributed by atoms with E-state index in [4.69, 9.17) is 0 Å². The Balaban J connectivity index is 1.95. The normalized spacial score (nSPS) is 10.7. The summed E-state index contributed by atoms with van der Waals surface area (Å²) in [5.74, 6) is -2.04. The van der Waals surface area contributed by atoms with Crippen LogP contribution in [0.4, 0.5) is 14.5 Å². The van der Waals surface area contributed by atoms with E-state index in [0.29, 0.717) is 4.47 Å². The second-order valence-corrected chi connectivity index (χ2v) is 7.42. The predicted octanol–water partition coefficient (Wildman–Crippen LogP) is 4.18. The summed E-state index contributed by atoms with van der Waals surface area (Å²) in [4.78, 5) is 26.8. The molecule has 8 heteroatoms. The fourth-order valence-electron chi connectivity index (χ4n) is 2.42. The summed E-state index contributed by atoms with van der Waals surface area (Å²) in [6.07, 6.45) is 1.49. The molecule has 3 aromatic rings. The van der Waals surface area contributed by atoms with E-state index in [1.165, 1.54) is 39.1 Å². The van der Waals surface area contributed by atoms with Gasteiger partial charge in [0.25, 0.3) is 5.56 Å². The van der Waals surface area contributed by atoms with Gasteiger partial charge in [0.05, 0.1) is 12.2 Å². The van der Waals surface area contributed by atoms with Crippen LogP contribution in [0.15, 0.2) is 63.3 Å². The van der Waals surface area contributed by atoms with Crippen molar-refractivity contribution >= 4 is 38.9 Å². The quantitative estimate of drug-likeness (QED) is 0.599. The summed E-state index contributed by atoms with van der Waals surface area (Å²) >= 11 is 4.67. The van der Waals surface area contributed by atoms with Crippen LogP contribution in [0.1, 0.15) is 4.88 Å². The first-order valence-electron chi connectivity index (χ1n) is 7.58. The average molecular weight is 439 g/mol. The molecule has 0 N–H and O–H groups in total. The van der Waals surface area contributed by atoms with Gasteiger partial charge in [-0.05, 0) is 45.6 Å². The first-order chi connectivity index (χ1) is 12.4. The summed E-state index contributed by atoms with van der Waals surface area (Å²) < 4.78 is 29.4. The molecule has 1 amide bonds. The Morgan fingerprint density at radius 1 is 1.19 bits per heavy atom. The van der Waals surface area contributed by atoms with E-state index in [9.17, 15) is 18.4 Å². The van der Waals surface area contributed by atoms with Crippen LogP contribution in [0.5, 0.6) is 0 Å². The van der Waals surface area contributed by atoms with Gasteiger partial charge >= 0.3 is 0 Å². The highest BCUT2D eigenvalue weighted by Crippen LogP contribution is 2.24. The average Bonchev–Trinajstić information content (AvgIpc) is 3.10. The fourth-order valence-corrected chi connectivity index (χ4v) is 3.50. The number of hydrogen-bond donors (Lipinski definition) is 0. The third-order valence-electron chi connectivity index (χ3n) is 3.65. The Bertz CT molecular complexity index is 989. The zero-order chi connectivity index (χ0) is 18.7. The highest BCUT2D eigenvalue weighted by atomic mass is 79.9. The van der Waals surface area contributed by atoms with Gasteiger partial charge in [-0.25, -0.2) is 8.78 Å². The summed E-state index contributed by atoms with van der Waals surface area (Å²) in [6.45, 7) is -0.137. The van der Waals surface area contributed by atoms with Crippen molar-refractivity contribution in [3.05, 3.63) is 85.4 Å². The maximum absolute atomic E-state index is 14.3. The summed E-state index contributed by atoms with van der Waals surface area (Å²) in [6, 6.07) is 9.60. The summed E-state index contributed by atoms with van der Waals surface area (Å²) in [5.41, 5.74) is -0.384. The molecule has 134 valence electrons. The largest absolute Gasteiger partial charge is 0.305 e. The first kappa shape index (κ1) is 18.5. The van der Waals surface area contributed by atoms with Crippen LogP contribution in [-0.2, 0) is 17.9 Å². The van der Waals surface area contributed by atoms with Crippen molar-refractivity contribution in [1.29, 1.82) is 0 Å². The molecule has 0 saturated carbocycles. The Morgan fingerprint density at radius 3 is 2.69 bits per heavy atom. The number of aromatic nitrogens is 1. The van der Waals surface area contributed by atoms with Gasteiger partial charge in [-0.1, -0.05) is 6.07 Å². The molecule has 0 radical (unpaired) electrons. The SMILES string of the molecule is O=C(Cn1cc(Br)ccc1=O)N(Cc1cccs1)c1ccc(F)cc1F. The number of thiophene rings is 1. The van der Waals surface area contributed by atoms with Crippen LogP contribution >= 0.6 is 27.3 Å². The van der Waals surface area contributed by atoms with Crippen molar-refractivity contribution in [1.82, 2.24) is 4.57 Å². The van der Waals surface area contributed by atoms with Gasteiger partial charge in [0.2, 0.25) is 5.91 Å². The molecule has 26 heavy (non-hydrogen) atoms. The van der Waals surface area contributed by atoms with Crippen molar-refractivity contribution in [3.8, 4) is 0 Å². The highest BCUT2D eigenvalue weighted by molar-refractivity contribution is 9.10. The van der Waals surface area contributed by atoms with Gasteiger partial charge < -0.3 is 9.47 Å². The lowest BCUT2D eigenvalue weighted by Gasteiger charge is -2.23. The molecule has 2 aromatic heterocycles. The molecule has 0 unspecified atom stereocenters. The van der Waals surface area contributed by atoms with Crippen molar-refractivity contribution in [2.24, 2.45) is 0 Å². The van der Waals surface area contributed by atoms with E-state index in [1.807, 2.05) is 17.5 Å². The van der Waals surface area contributed by atoms with Crippen LogP contribution in [-0.4, -0.2) is 10.5 Å². The van der Waals surface area contributed by atoms with E-state index in [0.717, 1.165) is 17.0 Å². The maximum Gasteiger partial charge on any atom is 0.251 e. The standard InChI is InChI=1S/C18H13BrF2N2O2S/c19-12-3-6-17(24)22(9-12)11-18(25)23(10-14-2-1-7-26-14)16-5-4-13(20)8-15(16)21/h1-9H,10-11H2. The molecule has 0 atom stereocenters. The minimum absolute atomic E-state index is 0.0344. The number of anilines is 1. The Kier molecular flexibility index (Phi) is 5.63. The molecule has 0 fully saturated rings. The number of hydrogen-bond acceptors (Lipinski definition) is 3. The Labute approximate surface area is 160 Å². The predicted molar refractivity (Wildman–Crippen MR) is 100 cm³/mol. The van der Waals surface area contributed by atoms with Crippen LogP contribution in [0, 0.1) is 11.6 Å². The molecular formula is C18H13BrF2N2O2S. The molecule has 0 aliphatic heterocycles. The van der Waals surface area contributed by atoms with Gasteiger partial charge in [-0.2, -0.15) is 0 Å². The molecule has 0 bridgehead atoms. The number of halogens is 3. The number of nitrogens with zero attached hydrogens (tertiary/aromatic N) is 2. The number of amides is 1. The third kappa shape index (κ3) is 4.25. The van der Waals surface area contributed by atoms with E-state index < -0.39 is 17.5 Å². The molecule has 4 nitrogen and oxygen atoms in total. The molecule has 0 spiro atoms. The minimum atomic E-state index is -0.837. The smallest absolute Gasteiger partial charge is 0.251 e. The van der Waals surface area contributed by atoms with Crippen molar-refractivity contribution < 1.29 is 13.6 Å². The van der Waals surface area contributed by atoms with Gasteiger partial charge in [-0.3, -0.25) is 9.59 Å². The summed E-state index contributed by atoms with van der Waals surface area (Å²) in [5, 5.41) is 1.85. The molecule has 2 heterocycles. The van der Waals surface area contributed by atoms with Gasteiger partial charge in [0, 0.05) is 27.7 Å². The molecule has 3 rings (SSSR count). The van der Waals surface area contributed by atoms with E-state index in [-0.39, 0.29) is 24.3 Å². The van der Waals surface area contributed by atoms with E-state index in [1.54, 1.807) is 6.07 Å². The molecule has 0 saturated heterocycles. The lowest BCUT2D eigenvalue weighted by atomic mass is 10.2. The lowest BCUT2D eigenvalue weighted by molar-refractivity contribution is -0.119. The molecule has 0 aliphatic carbocycles. The number of carbonyl (C=O) groups excluding carboxylic acids is 1. The van der Waals surface area contributed by atoms with Gasteiger partial charge in [0.1, 0.15) is 18.2 Å². The molecular weight excluding hydrogens is 426 g/mol. The third-order valence-corrected chi connectivity index (χ3v) is 4.98. The van der Waals surface area contributed by atoms with Crippen molar-refractivity contribution in [3.63, 3.8) is 0 Å². The van der Waals surface area contributed by atoms with E-state index >= 15 is 0 Å². The number of carbonyl (C=O) groups is 1. The van der Waals surface area contributed by atoms with Crippen molar-refractivity contribution in [2.75, 3.05) is 4.90 Å². The minimum Gasteiger partial charge on any atom is -0.305 e. The summed E-state index contributed by atoms with van der Waals surface area (Å²) in [7, 11) is 0. The Morgan fingerprint density at radius 2 is 2.00 bits per heavy atom. The van der Waals surface area contributed by atoms with Gasteiger partial charge in [-0.15, -0.1) is 11.3 Å². The molecule has 1 aromatic carbocycles. The highest BCUT2D eigenvalue weighted by Gasteiger charge is 2.21. The van der Waals surface area contributed by atoms with Crippen LogP contribution in [0.3, 0.4) is 0 Å². The number of benzene rings is 1. The maximum atomic E-state index is 14.3. The monoisotopic (exact) mass is 438 g/mol. The number of rotatable bonds is 5. The first-order valence-corrected chi connectivity index (χ1v) is 9.25. The Hall–Kier alpha value is -2.32. The van der Waals surface area contributed by atoms with Crippen LogP contribution in [0.25, 0.3) is 0 Å².